The number of carbonyl (C=O) groups is 2. The molecule has 0 spiro atoms. The van der Waals surface area contributed by atoms with Crippen molar-refractivity contribution in [2.24, 2.45) is 28.1 Å². The molecule has 5 heteroatoms. The van der Waals surface area contributed by atoms with Crippen molar-refractivity contribution in [3.05, 3.63) is 0 Å². The van der Waals surface area contributed by atoms with Crippen LogP contribution in [0.2, 0.25) is 0 Å². The van der Waals surface area contributed by atoms with Crippen molar-refractivity contribution in [3.63, 3.8) is 0 Å². The molecule has 1 aliphatic heterocycles. The van der Waals surface area contributed by atoms with Gasteiger partial charge in [0.1, 0.15) is 0 Å². The van der Waals surface area contributed by atoms with Gasteiger partial charge in [-0.15, -0.1) is 0 Å². The Morgan fingerprint density at radius 3 is 2.15 bits per heavy atom. The molecule has 1 heterocycles. The summed E-state index contributed by atoms with van der Waals surface area (Å²) in [5.74, 6) is 1.33. The van der Waals surface area contributed by atoms with Crippen LogP contribution in [0.4, 0.5) is 0 Å². The molecule has 27 heavy (non-hydrogen) atoms. The first-order chi connectivity index (χ1) is 12.5. The molecule has 154 valence electrons. The van der Waals surface area contributed by atoms with Crippen LogP contribution in [0.3, 0.4) is 0 Å². The molecule has 2 saturated carbocycles. The van der Waals surface area contributed by atoms with Gasteiger partial charge in [-0.3, -0.25) is 9.59 Å². The number of esters is 2. The lowest BCUT2D eigenvalue weighted by Gasteiger charge is -2.36. The van der Waals surface area contributed by atoms with Crippen LogP contribution in [-0.2, 0) is 23.8 Å². The third-order valence-corrected chi connectivity index (χ3v) is 6.82. The van der Waals surface area contributed by atoms with Crippen LogP contribution >= 0.6 is 0 Å². The molecule has 0 amide bonds. The van der Waals surface area contributed by atoms with E-state index in [0.717, 1.165) is 31.1 Å². The molecule has 5 nitrogen and oxygen atoms in total. The van der Waals surface area contributed by atoms with Crippen molar-refractivity contribution in [3.8, 4) is 0 Å². The van der Waals surface area contributed by atoms with Gasteiger partial charge < -0.3 is 14.2 Å². The highest BCUT2D eigenvalue weighted by atomic mass is 16.6. The molecule has 5 atom stereocenters. The maximum Gasteiger partial charge on any atom is 0.311 e. The summed E-state index contributed by atoms with van der Waals surface area (Å²) in [7, 11) is 0. The quantitative estimate of drug-likeness (QED) is 0.648. The first kappa shape index (κ1) is 20.6. The topological polar surface area (TPSA) is 61.8 Å². The van der Waals surface area contributed by atoms with Gasteiger partial charge in [0.2, 0.25) is 0 Å². The molecule has 0 bridgehead atoms. The van der Waals surface area contributed by atoms with Crippen molar-refractivity contribution >= 4 is 11.9 Å². The van der Waals surface area contributed by atoms with E-state index in [2.05, 4.69) is 0 Å². The van der Waals surface area contributed by atoms with Crippen LogP contribution < -0.4 is 0 Å². The van der Waals surface area contributed by atoms with Gasteiger partial charge in [0, 0.05) is 12.0 Å². The van der Waals surface area contributed by atoms with Gasteiger partial charge in [-0.2, -0.15) is 0 Å². The van der Waals surface area contributed by atoms with Crippen molar-refractivity contribution in [1.82, 2.24) is 0 Å². The summed E-state index contributed by atoms with van der Waals surface area (Å²) >= 11 is 0. The number of ether oxygens (including phenoxy) is 3. The minimum Gasteiger partial charge on any atom is -0.465 e. The number of fused-ring (bicyclic) bond motifs is 1. The lowest BCUT2D eigenvalue weighted by Crippen LogP contribution is -2.41. The van der Waals surface area contributed by atoms with Gasteiger partial charge in [0.05, 0.1) is 30.1 Å². The van der Waals surface area contributed by atoms with Crippen LogP contribution in [0.5, 0.6) is 0 Å². The Morgan fingerprint density at radius 2 is 1.59 bits per heavy atom. The highest BCUT2D eigenvalue weighted by molar-refractivity contribution is 5.77. The van der Waals surface area contributed by atoms with E-state index in [0.29, 0.717) is 19.4 Å². The third kappa shape index (κ3) is 4.85. The smallest absolute Gasteiger partial charge is 0.311 e. The third-order valence-electron chi connectivity index (χ3n) is 6.82. The van der Waals surface area contributed by atoms with E-state index in [4.69, 9.17) is 14.2 Å². The molecule has 0 N–H and O–H groups in total. The highest BCUT2D eigenvalue weighted by Crippen LogP contribution is 2.56. The monoisotopic (exact) mass is 380 g/mol. The van der Waals surface area contributed by atoms with E-state index < -0.39 is 10.8 Å². The molecule has 0 aromatic carbocycles. The largest absolute Gasteiger partial charge is 0.465 e. The summed E-state index contributed by atoms with van der Waals surface area (Å²) in [6, 6.07) is 0. The van der Waals surface area contributed by atoms with Crippen molar-refractivity contribution < 1.29 is 23.8 Å². The number of hydrogen-bond donors (Lipinski definition) is 0. The molecule has 5 unspecified atom stereocenters. The Bertz CT molecular complexity index is 557. The summed E-state index contributed by atoms with van der Waals surface area (Å²) in [5.41, 5.74) is -1.22. The normalized spacial score (nSPS) is 38.6. The number of rotatable bonds is 6. The Labute approximate surface area is 163 Å². The van der Waals surface area contributed by atoms with Crippen molar-refractivity contribution in [2.75, 3.05) is 19.8 Å². The van der Waals surface area contributed by atoms with Gasteiger partial charge in [0.15, 0.2) is 0 Å². The van der Waals surface area contributed by atoms with Gasteiger partial charge in [0.25, 0.3) is 0 Å². The minimum atomic E-state index is -0.485. The van der Waals surface area contributed by atoms with Gasteiger partial charge in [-0.05, 0) is 71.1 Å². The molecule has 3 aliphatic rings. The fourth-order valence-electron chi connectivity index (χ4n) is 4.66. The predicted octanol–water partition coefficient (Wildman–Crippen LogP) is 4.13. The maximum absolute atomic E-state index is 12.7. The highest BCUT2D eigenvalue weighted by Gasteiger charge is 2.50. The zero-order chi connectivity index (χ0) is 19.9. The van der Waals surface area contributed by atoms with E-state index in [1.807, 2.05) is 34.6 Å². The zero-order valence-electron chi connectivity index (χ0n) is 17.6. The lowest BCUT2D eigenvalue weighted by atomic mass is 9.76. The molecule has 0 radical (unpaired) electrons. The molecule has 3 rings (SSSR count). The van der Waals surface area contributed by atoms with Crippen molar-refractivity contribution in [2.45, 2.75) is 79.2 Å². The van der Waals surface area contributed by atoms with E-state index in [-0.39, 0.29) is 36.7 Å². The molecule has 0 aromatic heterocycles. The van der Waals surface area contributed by atoms with Gasteiger partial charge >= 0.3 is 11.9 Å². The van der Waals surface area contributed by atoms with Crippen LogP contribution in [0.1, 0.15) is 73.1 Å². The maximum atomic E-state index is 12.7. The minimum absolute atomic E-state index is 0.0765. The number of hydrogen-bond acceptors (Lipinski definition) is 5. The molecule has 0 aromatic rings. The van der Waals surface area contributed by atoms with E-state index in [9.17, 15) is 9.59 Å². The van der Waals surface area contributed by atoms with E-state index in [1.54, 1.807) is 0 Å². The predicted molar refractivity (Wildman–Crippen MR) is 102 cm³/mol. The molecule has 2 aliphatic carbocycles. The summed E-state index contributed by atoms with van der Waals surface area (Å²) in [5, 5.41) is 0. The Balaban J connectivity index is 1.45. The van der Waals surface area contributed by atoms with Crippen LogP contribution in [0.15, 0.2) is 0 Å². The fourth-order valence-corrected chi connectivity index (χ4v) is 4.66. The SMILES string of the molecule is CC1CC(C)(C(=O)OCC(C)(C)COC(=O)C2(C)CCC3CC3C2)CCO1. The fraction of sp³-hybridized carbons (Fsp3) is 0.909. The Morgan fingerprint density at radius 1 is 1.00 bits per heavy atom. The second-order valence-corrected chi connectivity index (χ2v) is 10.6. The second-order valence-electron chi connectivity index (χ2n) is 10.6. The lowest BCUT2D eigenvalue weighted by molar-refractivity contribution is -0.170. The average molecular weight is 381 g/mol. The summed E-state index contributed by atoms with van der Waals surface area (Å²) in [6.45, 7) is 11.1. The molecule has 3 fully saturated rings. The summed E-state index contributed by atoms with van der Waals surface area (Å²) in [4.78, 5) is 25.3. The van der Waals surface area contributed by atoms with Crippen LogP contribution in [-0.4, -0.2) is 37.9 Å². The van der Waals surface area contributed by atoms with E-state index in [1.165, 1.54) is 6.42 Å². The van der Waals surface area contributed by atoms with Crippen LogP contribution in [0, 0.1) is 28.1 Å². The molecule has 1 saturated heterocycles. The first-order valence-corrected chi connectivity index (χ1v) is 10.5. The standard InChI is InChI=1S/C22H36O5/c1-15-11-22(5,8-9-25-15)19(24)27-14-20(2,3)13-26-18(23)21(4)7-6-16-10-17(16)12-21/h15-17H,6-14H2,1-5H3. The van der Waals surface area contributed by atoms with E-state index >= 15 is 0 Å². The Kier molecular flexibility index (Phi) is 5.64. The van der Waals surface area contributed by atoms with Crippen LogP contribution in [0.25, 0.3) is 0 Å². The Hall–Kier alpha value is -1.10. The molecular formula is C22H36O5. The number of carbonyl (C=O) groups excluding carboxylic acids is 2. The molecular weight excluding hydrogens is 344 g/mol. The first-order valence-electron chi connectivity index (χ1n) is 10.5. The van der Waals surface area contributed by atoms with Gasteiger partial charge in [-0.1, -0.05) is 13.8 Å². The summed E-state index contributed by atoms with van der Waals surface area (Å²) in [6.07, 6.45) is 5.78. The zero-order valence-corrected chi connectivity index (χ0v) is 17.6. The van der Waals surface area contributed by atoms with Crippen molar-refractivity contribution in [1.29, 1.82) is 0 Å². The summed E-state index contributed by atoms with van der Waals surface area (Å²) < 4.78 is 16.9. The average Bonchev–Trinajstić information content (AvgIpc) is 3.35. The van der Waals surface area contributed by atoms with Gasteiger partial charge in [-0.25, -0.2) is 0 Å². The second kappa shape index (κ2) is 7.38.